The highest BCUT2D eigenvalue weighted by Crippen LogP contribution is 2.55. The van der Waals surface area contributed by atoms with Crippen LogP contribution in [-0.2, 0) is 17.6 Å². The van der Waals surface area contributed by atoms with Gasteiger partial charge in [-0.3, -0.25) is 4.79 Å². The number of nitrogens with one attached hydrogen (secondary N) is 1. The second-order valence-corrected chi connectivity index (χ2v) is 9.91. The quantitative estimate of drug-likeness (QED) is 0.826. The summed E-state index contributed by atoms with van der Waals surface area (Å²) in [5, 5.41) is 13.6. The zero-order valence-corrected chi connectivity index (χ0v) is 15.9. The van der Waals surface area contributed by atoms with Crippen molar-refractivity contribution in [3.05, 3.63) is 22.9 Å². The molecule has 1 N–H and O–H groups in total. The van der Waals surface area contributed by atoms with Gasteiger partial charge in [-0.05, 0) is 87.2 Å². The number of carbonyl (C=O) groups is 1. The number of nitriles is 1. The highest BCUT2D eigenvalue weighted by atomic mass is 32.2. The fourth-order valence-corrected chi connectivity index (χ4v) is 7.15. The predicted molar refractivity (Wildman–Crippen MR) is 101 cm³/mol. The van der Waals surface area contributed by atoms with Crippen LogP contribution in [0.4, 0.5) is 0 Å². The van der Waals surface area contributed by atoms with Crippen molar-refractivity contribution >= 4 is 17.7 Å². The fourth-order valence-electron chi connectivity index (χ4n) is 6.37. The molecule has 0 aliphatic heterocycles. The molecule has 1 aromatic heterocycles. The Labute approximate surface area is 159 Å². The number of aromatic nitrogens is 1. The number of fused-ring (bicyclic) bond motifs is 1. The van der Waals surface area contributed by atoms with Gasteiger partial charge in [-0.2, -0.15) is 5.26 Å². The molecule has 0 aromatic carbocycles. The molecule has 5 aliphatic carbocycles. The number of aryl methyl sites for hydroxylation is 2. The first-order chi connectivity index (χ1) is 12.6. The smallest absolute Gasteiger partial charge is 0.230 e. The minimum absolute atomic E-state index is 0.0653. The van der Waals surface area contributed by atoms with E-state index in [0.717, 1.165) is 47.7 Å². The minimum Gasteiger partial charge on any atom is -0.350 e. The van der Waals surface area contributed by atoms with Crippen LogP contribution >= 0.6 is 11.8 Å². The predicted octanol–water partition coefficient (Wildman–Crippen LogP) is 3.62. The summed E-state index contributed by atoms with van der Waals surface area (Å²) < 4.78 is 0. The van der Waals surface area contributed by atoms with Crippen LogP contribution in [0.15, 0.2) is 11.1 Å². The number of hydrogen-bond donors (Lipinski definition) is 1. The number of carbonyl (C=O) groups excluding carboxylic acids is 1. The van der Waals surface area contributed by atoms with E-state index >= 15 is 0 Å². The van der Waals surface area contributed by atoms with Gasteiger partial charge in [-0.15, -0.1) is 0 Å². The van der Waals surface area contributed by atoms with E-state index in [4.69, 9.17) is 0 Å². The molecule has 1 amide bonds. The lowest BCUT2D eigenvalue weighted by molar-refractivity contribution is -0.124. The van der Waals surface area contributed by atoms with Gasteiger partial charge in [0.05, 0.1) is 11.3 Å². The van der Waals surface area contributed by atoms with Crippen LogP contribution in [0.2, 0.25) is 0 Å². The number of pyridine rings is 1. The van der Waals surface area contributed by atoms with Crippen LogP contribution in [0, 0.1) is 29.1 Å². The Kier molecular flexibility index (Phi) is 4.01. The molecule has 136 valence electrons. The van der Waals surface area contributed by atoms with Crippen LogP contribution < -0.4 is 5.32 Å². The van der Waals surface area contributed by atoms with Gasteiger partial charge in [-0.25, -0.2) is 4.98 Å². The zero-order chi connectivity index (χ0) is 17.7. The molecule has 1 aromatic rings. The molecule has 0 radical (unpaired) electrons. The van der Waals surface area contributed by atoms with Crippen molar-refractivity contribution in [1.82, 2.24) is 10.3 Å². The van der Waals surface area contributed by atoms with Gasteiger partial charge in [0.1, 0.15) is 11.1 Å². The van der Waals surface area contributed by atoms with Crippen molar-refractivity contribution in [2.45, 2.75) is 68.4 Å². The van der Waals surface area contributed by atoms with Gasteiger partial charge in [0.15, 0.2) is 0 Å². The van der Waals surface area contributed by atoms with Gasteiger partial charge in [0.25, 0.3) is 0 Å². The van der Waals surface area contributed by atoms with E-state index in [1.807, 2.05) is 6.07 Å². The van der Waals surface area contributed by atoms with Crippen LogP contribution in [0.3, 0.4) is 0 Å². The fraction of sp³-hybridized carbons (Fsp3) is 0.667. The number of rotatable bonds is 4. The molecule has 0 atom stereocenters. The average molecular weight is 368 g/mol. The van der Waals surface area contributed by atoms with Crippen molar-refractivity contribution < 1.29 is 4.79 Å². The molecule has 4 bridgehead atoms. The van der Waals surface area contributed by atoms with Crippen LogP contribution in [0.1, 0.15) is 61.8 Å². The molecule has 0 unspecified atom stereocenters. The summed E-state index contributed by atoms with van der Waals surface area (Å²) in [6.07, 6.45) is 10.8. The van der Waals surface area contributed by atoms with Crippen molar-refractivity contribution in [3.63, 3.8) is 0 Å². The largest absolute Gasteiger partial charge is 0.350 e. The number of amides is 1. The summed E-state index contributed by atoms with van der Waals surface area (Å²) in [6.45, 7) is 0. The van der Waals surface area contributed by atoms with E-state index in [1.165, 1.54) is 55.9 Å². The summed E-state index contributed by atoms with van der Waals surface area (Å²) in [5.74, 6) is 2.97. The van der Waals surface area contributed by atoms with E-state index in [2.05, 4.69) is 16.4 Å². The molecular weight excluding hydrogens is 342 g/mol. The molecule has 4 fully saturated rings. The highest BCUT2D eigenvalue weighted by molar-refractivity contribution is 8.00. The summed E-state index contributed by atoms with van der Waals surface area (Å²) in [5.41, 5.74) is 3.02. The standard InChI is InChI=1S/C21H25N3OS/c22-11-17-7-16-2-1-3-18(16)23-20(17)26-12-19(25)24-21-8-13-4-14(9-21)6-15(5-13)10-21/h7,13-15H,1-6,8-10,12H2,(H,24,25). The van der Waals surface area contributed by atoms with E-state index in [0.29, 0.717) is 11.3 Å². The lowest BCUT2D eigenvalue weighted by atomic mass is 9.53. The molecular formula is C21H25N3OS. The van der Waals surface area contributed by atoms with Crippen molar-refractivity contribution in [2.75, 3.05) is 5.75 Å². The van der Waals surface area contributed by atoms with Crippen LogP contribution in [0.5, 0.6) is 0 Å². The van der Waals surface area contributed by atoms with Crippen molar-refractivity contribution in [2.24, 2.45) is 17.8 Å². The lowest BCUT2D eigenvalue weighted by Crippen LogP contribution is -2.60. The average Bonchev–Trinajstić information content (AvgIpc) is 3.04. The number of nitrogens with zero attached hydrogens (tertiary/aromatic N) is 2. The van der Waals surface area contributed by atoms with E-state index < -0.39 is 0 Å². The van der Waals surface area contributed by atoms with E-state index in [1.54, 1.807) is 0 Å². The molecule has 0 spiro atoms. The van der Waals surface area contributed by atoms with Crippen molar-refractivity contribution in [3.8, 4) is 6.07 Å². The first-order valence-corrected chi connectivity index (χ1v) is 11.0. The second kappa shape index (κ2) is 6.27. The Bertz CT molecular complexity index is 762. The molecule has 4 saturated carbocycles. The third-order valence-electron chi connectivity index (χ3n) is 6.92. The monoisotopic (exact) mass is 367 g/mol. The summed E-state index contributed by atoms with van der Waals surface area (Å²) in [4.78, 5) is 17.4. The maximum atomic E-state index is 12.7. The van der Waals surface area contributed by atoms with Gasteiger partial charge in [0, 0.05) is 11.2 Å². The summed E-state index contributed by atoms with van der Waals surface area (Å²) in [7, 11) is 0. The molecule has 0 saturated heterocycles. The molecule has 5 aliphatic rings. The first-order valence-electron chi connectivity index (χ1n) is 9.99. The van der Waals surface area contributed by atoms with Gasteiger partial charge in [0.2, 0.25) is 5.91 Å². The Morgan fingerprint density at radius 3 is 2.58 bits per heavy atom. The topological polar surface area (TPSA) is 65.8 Å². The molecule has 5 heteroatoms. The maximum Gasteiger partial charge on any atom is 0.230 e. The molecule has 6 rings (SSSR count). The zero-order valence-electron chi connectivity index (χ0n) is 15.1. The number of thioether (sulfide) groups is 1. The lowest BCUT2D eigenvalue weighted by Gasteiger charge is -2.56. The van der Waals surface area contributed by atoms with E-state index in [9.17, 15) is 10.1 Å². The number of hydrogen-bond acceptors (Lipinski definition) is 4. The highest BCUT2D eigenvalue weighted by Gasteiger charge is 2.51. The van der Waals surface area contributed by atoms with E-state index in [-0.39, 0.29) is 11.4 Å². The SMILES string of the molecule is N#Cc1cc2c(nc1SCC(=O)NC13CC4CC(CC(C4)C1)C3)CCC2. The van der Waals surface area contributed by atoms with Crippen LogP contribution in [0.25, 0.3) is 0 Å². The van der Waals surface area contributed by atoms with Gasteiger partial charge >= 0.3 is 0 Å². The molecule has 4 nitrogen and oxygen atoms in total. The van der Waals surface area contributed by atoms with Gasteiger partial charge < -0.3 is 5.32 Å². The van der Waals surface area contributed by atoms with Crippen LogP contribution in [-0.4, -0.2) is 22.2 Å². The maximum absolute atomic E-state index is 12.7. The summed E-state index contributed by atoms with van der Waals surface area (Å²) in [6, 6.07) is 4.24. The Balaban J connectivity index is 1.25. The molecule has 26 heavy (non-hydrogen) atoms. The third-order valence-corrected chi connectivity index (χ3v) is 7.91. The normalized spacial score (nSPS) is 33.7. The molecule has 1 heterocycles. The minimum atomic E-state index is 0.0653. The Morgan fingerprint density at radius 2 is 1.92 bits per heavy atom. The summed E-state index contributed by atoms with van der Waals surface area (Å²) >= 11 is 1.43. The Morgan fingerprint density at radius 1 is 1.23 bits per heavy atom. The van der Waals surface area contributed by atoms with Gasteiger partial charge in [-0.1, -0.05) is 11.8 Å². The second-order valence-electron chi connectivity index (χ2n) is 8.95. The third kappa shape index (κ3) is 2.93. The van der Waals surface area contributed by atoms with Crippen molar-refractivity contribution in [1.29, 1.82) is 5.26 Å². The Hall–Kier alpha value is -1.54. The first kappa shape index (κ1) is 16.6.